The Labute approximate surface area is 110 Å². The summed E-state index contributed by atoms with van der Waals surface area (Å²) in [5, 5.41) is 0. The van der Waals surface area contributed by atoms with Gasteiger partial charge in [0.25, 0.3) is 0 Å². The van der Waals surface area contributed by atoms with Crippen LogP contribution < -0.4 is 10.6 Å². The monoisotopic (exact) mass is 248 g/mol. The Hall–Kier alpha value is -1.35. The molecule has 18 heavy (non-hydrogen) atoms. The van der Waals surface area contributed by atoms with Crippen LogP contribution >= 0.6 is 0 Å². The van der Waals surface area contributed by atoms with Crippen molar-refractivity contribution in [1.29, 1.82) is 0 Å². The fourth-order valence-corrected chi connectivity index (χ4v) is 2.12. The van der Waals surface area contributed by atoms with E-state index in [1.807, 2.05) is 56.9 Å². The van der Waals surface area contributed by atoms with Crippen molar-refractivity contribution in [3.05, 3.63) is 29.8 Å². The zero-order chi connectivity index (χ0) is 13.7. The Morgan fingerprint density at radius 3 is 2.50 bits per heavy atom. The zero-order valence-corrected chi connectivity index (χ0v) is 11.8. The zero-order valence-electron chi connectivity index (χ0n) is 11.8. The summed E-state index contributed by atoms with van der Waals surface area (Å²) in [5.41, 5.74) is 7.85. The van der Waals surface area contributed by atoms with Gasteiger partial charge < -0.3 is 10.6 Å². The van der Waals surface area contributed by atoms with Crippen molar-refractivity contribution in [2.24, 2.45) is 17.6 Å². The molecule has 0 aliphatic rings. The molecule has 100 valence electrons. The topological polar surface area (TPSA) is 46.3 Å². The third-order valence-corrected chi connectivity index (χ3v) is 3.27. The first kappa shape index (κ1) is 14.7. The van der Waals surface area contributed by atoms with Gasteiger partial charge in [-0.15, -0.1) is 0 Å². The number of hydrogen-bond donors (Lipinski definition) is 1. The number of aryl methyl sites for hydroxylation is 1. The molecule has 0 aliphatic heterocycles. The molecule has 1 amide bonds. The molecule has 0 fully saturated rings. The van der Waals surface area contributed by atoms with E-state index < -0.39 is 0 Å². The van der Waals surface area contributed by atoms with E-state index in [1.54, 1.807) is 0 Å². The highest BCUT2D eigenvalue weighted by atomic mass is 16.2. The van der Waals surface area contributed by atoms with Crippen molar-refractivity contribution < 1.29 is 4.79 Å². The van der Waals surface area contributed by atoms with Gasteiger partial charge in [-0.25, -0.2) is 0 Å². The van der Waals surface area contributed by atoms with Gasteiger partial charge in [-0.05, 0) is 37.5 Å². The number of nitrogens with zero attached hydrogens (tertiary/aromatic N) is 1. The molecule has 3 nitrogen and oxygen atoms in total. The number of carbonyl (C=O) groups is 1. The minimum Gasteiger partial charge on any atom is -0.330 e. The first-order chi connectivity index (χ1) is 8.51. The standard InChI is InChI=1S/C15H24N2O/c1-5-17(13-8-6-7-12(4)9-13)15(18)14(10-16)11(2)3/h6-9,11,14H,5,10,16H2,1-4H3. The van der Waals surface area contributed by atoms with Crippen LogP contribution in [0.3, 0.4) is 0 Å². The molecular formula is C15H24N2O. The van der Waals surface area contributed by atoms with Gasteiger partial charge in [-0.3, -0.25) is 4.79 Å². The molecule has 1 aromatic carbocycles. The second kappa shape index (κ2) is 6.55. The summed E-state index contributed by atoms with van der Waals surface area (Å²) in [6, 6.07) is 8.02. The molecule has 1 rings (SSSR count). The minimum absolute atomic E-state index is 0.106. The first-order valence-corrected chi connectivity index (χ1v) is 6.59. The molecule has 0 saturated carbocycles. The van der Waals surface area contributed by atoms with Crippen molar-refractivity contribution in [3.8, 4) is 0 Å². The Morgan fingerprint density at radius 2 is 2.06 bits per heavy atom. The van der Waals surface area contributed by atoms with E-state index in [9.17, 15) is 4.79 Å². The van der Waals surface area contributed by atoms with Crippen LogP contribution in [0, 0.1) is 18.8 Å². The van der Waals surface area contributed by atoms with Gasteiger partial charge in [0.1, 0.15) is 0 Å². The number of anilines is 1. The van der Waals surface area contributed by atoms with E-state index >= 15 is 0 Å². The molecule has 2 N–H and O–H groups in total. The average Bonchev–Trinajstić information content (AvgIpc) is 2.30. The summed E-state index contributed by atoms with van der Waals surface area (Å²) in [4.78, 5) is 14.3. The van der Waals surface area contributed by atoms with Gasteiger partial charge in [0.05, 0.1) is 5.92 Å². The van der Waals surface area contributed by atoms with Crippen molar-refractivity contribution >= 4 is 11.6 Å². The summed E-state index contributed by atoms with van der Waals surface area (Å²) < 4.78 is 0. The van der Waals surface area contributed by atoms with Crippen LogP contribution in [0.15, 0.2) is 24.3 Å². The summed E-state index contributed by atoms with van der Waals surface area (Å²) in [6.45, 7) is 9.18. The Balaban J connectivity index is 2.99. The first-order valence-electron chi connectivity index (χ1n) is 6.59. The largest absolute Gasteiger partial charge is 0.330 e. The van der Waals surface area contributed by atoms with Crippen molar-refractivity contribution in [1.82, 2.24) is 0 Å². The summed E-state index contributed by atoms with van der Waals surface area (Å²) in [5.74, 6) is 0.285. The highest BCUT2D eigenvalue weighted by Gasteiger charge is 2.25. The lowest BCUT2D eigenvalue weighted by Crippen LogP contribution is -2.41. The van der Waals surface area contributed by atoms with Crippen LogP contribution in [0.2, 0.25) is 0 Å². The maximum atomic E-state index is 12.5. The SMILES string of the molecule is CCN(C(=O)C(CN)C(C)C)c1cccc(C)c1. The fourth-order valence-electron chi connectivity index (χ4n) is 2.12. The van der Waals surface area contributed by atoms with E-state index in [0.717, 1.165) is 11.3 Å². The number of carbonyl (C=O) groups excluding carboxylic acids is 1. The summed E-state index contributed by atoms with van der Waals surface area (Å²) in [6.07, 6.45) is 0. The molecule has 0 aromatic heterocycles. The van der Waals surface area contributed by atoms with Crippen LogP contribution in [0.25, 0.3) is 0 Å². The molecule has 1 unspecified atom stereocenters. The fraction of sp³-hybridized carbons (Fsp3) is 0.533. The minimum atomic E-state index is -0.106. The van der Waals surface area contributed by atoms with Gasteiger partial charge in [-0.2, -0.15) is 0 Å². The van der Waals surface area contributed by atoms with E-state index in [1.165, 1.54) is 0 Å². The van der Waals surface area contributed by atoms with E-state index in [0.29, 0.717) is 13.1 Å². The predicted molar refractivity (Wildman–Crippen MR) is 76.6 cm³/mol. The highest BCUT2D eigenvalue weighted by molar-refractivity contribution is 5.95. The quantitative estimate of drug-likeness (QED) is 0.870. The van der Waals surface area contributed by atoms with Gasteiger partial charge in [0.2, 0.25) is 5.91 Å². The molecular weight excluding hydrogens is 224 g/mol. The Morgan fingerprint density at radius 1 is 1.39 bits per heavy atom. The lowest BCUT2D eigenvalue weighted by Gasteiger charge is -2.28. The molecule has 0 saturated heterocycles. The summed E-state index contributed by atoms with van der Waals surface area (Å²) in [7, 11) is 0. The lowest BCUT2D eigenvalue weighted by atomic mass is 9.94. The number of rotatable bonds is 5. The van der Waals surface area contributed by atoms with Crippen LogP contribution in [-0.4, -0.2) is 19.0 Å². The second-order valence-corrected chi connectivity index (χ2v) is 5.01. The molecule has 0 bridgehead atoms. The molecule has 0 spiro atoms. The molecule has 0 heterocycles. The maximum absolute atomic E-state index is 12.5. The van der Waals surface area contributed by atoms with Crippen LogP contribution in [-0.2, 0) is 4.79 Å². The van der Waals surface area contributed by atoms with Crippen LogP contribution in [0.4, 0.5) is 5.69 Å². The van der Waals surface area contributed by atoms with Crippen molar-refractivity contribution in [3.63, 3.8) is 0 Å². The predicted octanol–water partition coefficient (Wildman–Crippen LogP) is 2.58. The number of amides is 1. The van der Waals surface area contributed by atoms with E-state index in [2.05, 4.69) is 0 Å². The Bertz CT molecular complexity index is 401. The smallest absolute Gasteiger partial charge is 0.231 e. The second-order valence-electron chi connectivity index (χ2n) is 5.01. The van der Waals surface area contributed by atoms with Crippen LogP contribution in [0.1, 0.15) is 26.3 Å². The molecule has 1 aromatic rings. The molecule has 3 heteroatoms. The Kier molecular flexibility index (Phi) is 5.35. The summed E-state index contributed by atoms with van der Waals surface area (Å²) >= 11 is 0. The number of nitrogens with two attached hydrogens (primary N) is 1. The van der Waals surface area contributed by atoms with Gasteiger partial charge in [0.15, 0.2) is 0 Å². The average molecular weight is 248 g/mol. The van der Waals surface area contributed by atoms with Crippen LogP contribution in [0.5, 0.6) is 0 Å². The van der Waals surface area contributed by atoms with E-state index in [-0.39, 0.29) is 17.7 Å². The van der Waals surface area contributed by atoms with Gasteiger partial charge >= 0.3 is 0 Å². The third kappa shape index (κ3) is 3.33. The van der Waals surface area contributed by atoms with Gasteiger partial charge in [0, 0.05) is 18.8 Å². The molecule has 0 aliphatic carbocycles. The van der Waals surface area contributed by atoms with E-state index in [4.69, 9.17) is 5.73 Å². The number of hydrogen-bond acceptors (Lipinski definition) is 2. The number of benzene rings is 1. The maximum Gasteiger partial charge on any atom is 0.231 e. The normalized spacial score (nSPS) is 12.6. The molecule has 0 radical (unpaired) electrons. The van der Waals surface area contributed by atoms with Crippen molar-refractivity contribution in [2.45, 2.75) is 27.7 Å². The van der Waals surface area contributed by atoms with Gasteiger partial charge in [-0.1, -0.05) is 26.0 Å². The highest BCUT2D eigenvalue weighted by Crippen LogP contribution is 2.21. The molecule has 1 atom stereocenters. The van der Waals surface area contributed by atoms with Crippen molar-refractivity contribution in [2.75, 3.05) is 18.0 Å². The lowest BCUT2D eigenvalue weighted by molar-refractivity contribution is -0.123. The third-order valence-electron chi connectivity index (χ3n) is 3.27.